The van der Waals surface area contributed by atoms with Gasteiger partial charge in [-0.05, 0) is 52.3 Å². The zero-order chi connectivity index (χ0) is 26.8. The van der Waals surface area contributed by atoms with Gasteiger partial charge in [-0.3, -0.25) is 0 Å². The van der Waals surface area contributed by atoms with Crippen LogP contribution < -0.4 is 13.8 Å². The van der Waals surface area contributed by atoms with E-state index in [0.29, 0.717) is 30.0 Å². The lowest BCUT2D eigenvalue weighted by molar-refractivity contribution is -0.137. The maximum Gasteiger partial charge on any atom is 0.416 e. The van der Waals surface area contributed by atoms with Crippen molar-refractivity contribution in [2.75, 3.05) is 18.1 Å². The van der Waals surface area contributed by atoms with Crippen LogP contribution in [0.3, 0.4) is 0 Å². The van der Waals surface area contributed by atoms with E-state index in [1.165, 1.54) is 24.3 Å². The molecule has 4 rings (SSSR count). The molecule has 0 bridgehead atoms. The fraction of sp³-hybridized carbons (Fsp3) is 0.217. The monoisotopic (exact) mass is 601 g/mol. The molecule has 3 aromatic rings. The Morgan fingerprint density at radius 1 is 0.861 bits per heavy atom. The molecule has 0 fully saturated rings. The lowest BCUT2D eigenvalue weighted by Gasteiger charge is -2.32. The third kappa shape index (κ3) is 5.51. The van der Waals surface area contributed by atoms with Crippen LogP contribution in [0, 0.1) is 29.1 Å². The van der Waals surface area contributed by atoms with Crippen LogP contribution in [-0.2, 0) is 6.18 Å². The minimum absolute atomic E-state index is 0.160. The van der Waals surface area contributed by atoms with Crippen LogP contribution in [0.2, 0.25) is 0 Å². The molecule has 1 aliphatic rings. The number of hydrogen-bond acceptors (Lipinski definition) is 4. The summed E-state index contributed by atoms with van der Waals surface area (Å²) >= 11 is 3.49. The van der Waals surface area contributed by atoms with Crippen LogP contribution in [-0.4, -0.2) is 13.2 Å². The topological polar surface area (TPSA) is 21.7 Å². The molecule has 0 N–H and O–H groups in total. The predicted octanol–water partition coefficient (Wildman–Crippen LogP) is 8.81. The van der Waals surface area contributed by atoms with Crippen LogP contribution >= 0.6 is 28.0 Å². The summed E-state index contributed by atoms with van der Waals surface area (Å²) in [4.78, 5) is 1.90. The summed E-state index contributed by atoms with van der Waals surface area (Å²) in [6.45, 7) is 4.47. The van der Waals surface area contributed by atoms with Gasteiger partial charge in [-0.1, -0.05) is 13.8 Å². The van der Waals surface area contributed by atoms with Crippen LogP contribution in [0.15, 0.2) is 45.8 Å². The first-order valence-corrected chi connectivity index (χ1v) is 11.8. The van der Waals surface area contributed by atoms with Crippen LogP contribution in [0.5, 0.6) is 11.5 Å². The van der Waals surface area contributed by atoms with Crippen molar-refractivity contribution in [3.63, 3.8) is 0 Å². The molecule has 13 heteroatoms. The Labute approximate surface area is 213 Å². The second kappa shape index (κ2) is 11.2. The Morgan fingerprint density at radius 2 is 1.44 bits per heavy atom. The maximum atomic E-state index is 13.8. The Morgan fingerprint density at radius 3 is 2.03 bits per heavy atom. The summed E-state index contributed by atoms with van der Waals surface area (Å²) in [5, 5.41) is 0. The summed E-state index contributed by atoms with van der Waals surface area (Å²) in [5.74, 6) is -12.0. The normalized spacial score (nSPS) is 12.9. The van der Waals surface area contributed by atoms with Gasteiger partial charge in [-0.15, -0.1) is 0 Å². The number of hydrogen-bond donors (Lipinski definition) is 0. The summed E-state index contributed by atoms with van der Waals surface area (Å²) in [5.41, 5.74) is 0.0940. The number of rotatable bonds is 4. The molecule has 3 nitrogen and oxygen atoms in total. The van der Waals surface area contributed by atoms with Gasteiger partial charge < -0.3 is 13.8 Å². The van der Waals surface area contributed by atoms with Gasteiger partial charge in [-0.25, -0.2) is 13.2 Å². The van der Waals surface area contributed by atoms with Crippen molar-refractivity contribution in [3.05, 3.63) is 75.5 Å². The zero-order valence-corrected chi connectivity index (χ0v) is 20.9. The van der Waals surface area contributed by atoms with E-state index in [1.54, 1.807) is 4.90 Å². The highest BCUT2D eigenvalue weighted by molar-refractivity contribution is 9.10. The summed E-state index contributed by atoms with van der Waals surface area (Å²) in [6, 6.07) is 7.54. The molecular formula is C23H16BrF8NO2S. The SMILES string of the molecule is CC.Fc1c(F)c(F)c(OSc2ccc3c(c2)OCCN3c2ccc(C(F)(F)F)cc2Br)c(F)c1F. The largest absolute Gasteiger partial charge is 0.489 e. The molecule has 0 amide bonds. The van der Waals surface area contributed by atoms with Gasteiger partial charge in [0.2, 0.25) is 34.8 Å². The molecule has 0 saturated heterocycles. The van der Waals surface area contributed by atoms with Crippen LogP contribution in [0.4, 0.5) is 46.5 Å². The van der Waals surface area contributed by atoms with Gasteiger partial charge in [0.25, 0.3) is 0 Å². The quantitative estimate of drug-likeness (QED) is 0.129. The van der Waals surface area contributed by atoms with Crippen molar-refractivity contribution in [1.82, 2.24) is 0 Å². The fourth-order valence-electron chi connectivity index (χ4n) is 3.15. The number of fused-ring (bicyclic) bond motifs is 1. The smallest absolute Gasteiger partial charge is 0.416 e. The van der Waals surface area contributed by atoms with Crippen LogP contribution in [0.25, 0.3) is 0 Å². The van der Waals surface area contributed by atoms with Gasteiger partial charge in [-0.2, -0.15) is 22.0 Å². The van der Waals surface area contributed by atoms with Crippen LogP contribution in [0.1, 0.15) is 19.4 Å². The molecular weight excluding hydrogens is 586 g/mol. The van der Waals surface area contributed by atoms with Gasteiger partial charge in [0.1, 0.15) is 12.4 Å². The van der Waals surface area contributed by atoms with Crippen molar-refractivity contribution in [2.45, 2.75) is 24.9 Å². The second-order valence-corrected chi connectivity index (χ2v) is 8.52. The molecule has 0 spiro atoms. The van der Waals surface area contributed by atoms with Crippen molar-refractivity contribution < 1.29 is 44.0 Å². The Hall–Kier alpha value is -2.67. The van der Waals surface area contributed by atoms with E-state index < -0.39 is 46.6 Å². The highest BCUT2D eigenvalue weighted by atomic mass is 79.9. The first-order chi connectivity index (χ1) is 17.0. The molecule has 1 aliphatic heterocycles. The molecule has 0 unspecified atom stereocenters. The van der Waals surface area contributed by atoms with Crippen molar-refractivity contribution >= 4 is 39.3 Å². The molecule has 0 atom stereocenters. The highest BCUT2D eigenvalue weighted by Gasteiger charge is 2.32. The van der Waals surface area contributed by atoms with E-state index in [0.717, 1.165) is 12.1 Å². The number of ether oxygens (including phenoxy) is 1. The zero-order valence-electron chi connectivity index (χ0n) is 18.5. The molecule has 0 aliphatic carbocycles. The van der Waals surface area contributed by atoms with Gasteiger partial charge >= 0.3 is 6.18 Å². The van der Waals surface area contributed by atoms with Gasteiger partial charge in [0.05, 0.1) is 40.4 Å². The Bertz CT molecular complexity index is 1240. The standard InChI is InChI=1S/C21H10BrF8NO2S.C2H6/c22-11-7-9(21(28,29)30)1-3-12(11)31-5-6-32-14-8-10(2-4-13(14)31)34-33-20-18(26)16(24)15(23)17(25)19(20)27;1-2/h1-4,7-8H,5-6H2;1-2H3. The Kier molecular flexibility index (Phi) is 8.65. The van der Waals surface area contributed by atoms with E-state index in [9.17, 15) is 35.1 Å². The van der Waals surface area contributed by atoms with Crippen molar-refractivity contribution in [2.24, 2.45) is 0 Å². The highest BCUT2D eigenvalue weighted by Crippen LogP contribution is 2.43. The summed E-state index contributed by atoms with van der Waals surface area (Å²) in [6.07, 6.45) is -4.51. The number of anilines is 2. The van der Waals surface area contributed by atoms with Gasteiger partial charge in [0.15, 0.2) is 0 Å². The van der Waals surface area contributed by atoms with Gasteiger partial charge in [0, 0.05) is 4.47 Å². The lowest BCUT2D eigenvalue weighted by atomic mass is 10.1. The fourth-order valence-corrected chi connectivity index (χ4v) is 4.35. The predicted molar refractivity (Wildman–Crippen MR) is 122 cm³/mol. The molecule has 3 aromatic carbocycles. The molecule has 194 valence electrons. The Balaban J connectivity index is 0.00000176. The second-order valence-electron chi connectivity index (χ2n) is 6.86. The molecule has 0 aromatic heterocycles. The summed E-state index contributed by atoms with van der Waals surface area (Å²) < 4.78 is 117. The molecule has 36 heavy (non-hydrogen) atoms. The molecule has 0 radical (unpaired) electrons. The maximum absolute atomic E-state index is 13.8. The third-order valence-corrected chi connectivity index (χ3v) is 6.08. The van der Waals surface area contributed by atoms with E-state index >= 15 is 0 Å². The van der Waals surface area contributed by atoms with E-state index in [-0.39, 0.29) is 21.7 Å². The average Bonchev–Trinajstić information content (AvgIpc) is 2.86. The number of nitrogens with zero attached hydrogens (tertiary/aromatic N) is 1. The number of benzene rings is 3. The first-order valence-electron chi connectivity index (χ1n) is 10.3. The molecule has 0 saturated carbocycles. The van der Waals surface area contributed by atoms with E-state index in [2.05, 4.69) is 15.9 Å². The first kappa shape index (κ1) is 27.9. The van der Waals surface area contributed by atoms with E-state index in [4.69, 9.17) is 8.92 Å². The molecule has 1 heterocycles. The van der Waals surface area contributed by atoms with Crippen molar-refractivity contribution in [3.8, 4) is 11.5 Å². The lowest BCUT2D eigenvalue weighted by Crippen LogP contribution is -2.29. The minimum Gasteiger partial charge on any atom is -0.489 e. The third-order valence-electron chi connectivity index (χ3n) is 4.75. The van der Waals surface area contributed by atoms with Crippen molar-refractivity contribution in [1.29, 1.82) is 0 Å². The average molecular weight is 602 g/mol. The minimum atomic E-state index is -4.51. The summed E-state index contributed by atoms with van der Waals surface area (Å²) in [7, 11) is 0. The van der Waals surface area contributed by atoms with E-state index in [1.807, 2.05) is 13.8 Å². The number of halogens is 9. The number of alkyl halides is 3.